The molecule has 1 spiro atoms. The molecule has 2 rings (SSSR count). The lowest BCUT2D eigenvalue weighted by atomic mass is 9.89. The largest absolute Gasteiger partial charge is 0.481 e. The summed E-state index contributed by atoms with van der Waals surface area (Å²) in [7, 11) is -3.65. The number of aliphatic carboxylic acids is 1. The first-order chi connectivity index (χ1) is 9.25. The molecule has 3 N–H and O–H groups in total. The van der Waals surface area contributed by atoms with Crippen LogP contribution in [0, 0.1) is 0 Å². The van der Waals surface area contributed by atoms with Crippen LogP contribution >= 0.6 is 0 Å². The topological polar surface area (TPSA) is 133 Å². The quantitative estimate of drug-likeness (QED) is 0.539. The average Bonchev–Trinajstić information content (AvgIpc) is 2.62. The molecule has 10 heteroatoms. The monoisotopic (exact) mass is 305 g/mol. The second-order valence-corrected chi connectivity index (χ2v) is 6.94. The van der Waals surface area contributed by atoms with Crippen molar-refractivity contribution < 1.29 is 27.9 Å². The molecule has 2 saturated heterocycles. The van der Waals surface area contributed by atoms with Crippen LogP contribution in [-0.4, -0.2) is 60.1 Å². The second-order valence-electron chi connectivity index (χ2n) is 4.85. The first kappa shape index (κ1) is 14.7. The zero-order valence-corrected chi connectivity index (χ0v) is 11.4. The van der Waals surface area contributed by atoms with E-state index in [2.05, 4.69) is 10.6 Å². The third-order valence-electron chi connectivity index (χ3n) is 3.56. The number of rotatable bonds is 4. The van der Waals surface area contributed by atoms with Gasteiger partial charge in [0.2, 0.25) is 10.0 Å². The number of carbonyl (C=O) groups excluding carboxylic acids is 2. The van der Waals surface area contributed by atoms with Crippen LogP contribution in [-0.2, 0) is 19.6 Å². The molecule has 0 unspecified atom stereocenters. The van der Waals surface area contributed by atoms with Gasteiger partial charge in [-0.15, -0.1) is 0 Å². The highest BCUT2D eigenvalue weighted by Crippen LogP contribution is 2.27. The van der Waals surface area contributed by atoms with E-state index >= 15 is 0 Å². The number of sulfonamides is 1. The highest BCUT2D eigenvalue weighted by molar-refractivity contribution is 7.89. The van der Waals surface area contributed by atoms with E-state index in [-0.39, 0.29) is 25.9 Å². The second kappa shape index (κ2) is 5.02. The molecule has 2 aliphatic rings. The Balaban J connectivity index is 1.99. The summed E-state index contributed by atoms with van der Waals surface area (Å²) in [6, 6.07) is -0.572. The number of piperidine rings is 1. The van der Waals surface area contributed by atoms with Gasteiger partial charge in [0, 0.05) is 13.1 Å². The SMILES string of the molecule is O=C(O)CCS(=O)(=O)N1CCC2(CC1)NC(=O)NC2=O. The van der Waals surface area contributed by atoms with Crippen LogP contribution in [0.3, 0.4) is 0 Å². The zero-order chi connectivity index (χ0) is 15.0. The Morgan fingerprint density at radius 3 is 2.35 bits per heavy atom. The molecular weight excluding hydrogens is 290 g/mol. The van der Waals surface area contributed by atoms with Crippen molar-refractivity contribution in [3.63, 3.8) is 0 Å². The van der Waals surface area contributed by atoms with E-state index in [1.54, 1.807) is 0 Å². The smallest absolute Gasteiger partial charge is 0.322 e. The summed E-state index contributed by atoms with van der Waals surface area (Å²) >= 11 is 0. The van der Waals surface area contributed by atoms with E-state index in [4.69, 9.17) is 5.11 Å². The van der Waals surface area contributed by atoms with Gasteiger partial charge in [-0.3, -0.25) is 14.9 Å². The number of hydrogen-bond acceptors (Lipinski definition) is 5. The Hall–Kier alpha value is -1.68. The number of carboxylic acids is 1. The Kier molecular flexibility index (Phi) is 3.69. The van der Waals surface area contributed by atoms with E-state index in [9.17, 15) is 22.8 Å². The number of urea groups is 1. The summed E-state index contributed by atoms with van der Waals surface area (Å²) in [6.07, 6.45) is -0.102. The minimum absolute atomic E-state index is 0.0790. The number of hydrogen-bond donors (Lipinski definition) is 3. The predicted molar refractivity (Wildman–Crippen MR) is 66.3 cm³/mol. The highest BCUT2D eigenvalue weighted by atomic mass is 32.2. The first-order valence-corrected chi connectivity index (χ1v) is 7.69. The van der Waals surface area contributed by atoms with Gasteiger partial charge in [0.25, 0.3) is 5.91 Å². The van der Waals surface area contributed by atoms with Crippen molar-refractivity contribution in [2.75, 3.05) is 18.8 Å². The number of nitrogens with zero attached hydrogens (tertiary/aromatic N) is 1. The first-order valence-electron chi connectivity index (χ1n) is 6.08. The number of amides is 3. The van der Waals surface area contributed by atoms with Gasteiger partial charge in [-0.1, -0.05) is 0 Å². The standard InChI is InChI=1S/C10H15N3O6S/c14-7(15)1-6-20(18,19)13-4-2-10(3-5-13)8(16)11-9(17)12-10/h1-6H2,(H,14,15)(H2,11,12,16,17). The van der Waals surface area contributed by atoms with Crippen LogP contribution < -0.4 is 10.6 Å². The fourth-order valence-electron chi connectivity index (χ4n) is 2.37. The van der Waals surface area contributed by atoms with Gasteiger partial charge in [0.1, 0.15) is 5.54 Å². The van der Waals surface area contributed by atoms with E-state index in [0.717, 1.165) is 0 Å². The van der Waals surface area contributed by atoms with Crippen LogP contribution in [0.15, 0.2) is 0 Å². The normalized spacial score (nSPS) is 22.6. The van der Waals surface area contributed by atoms with Gasteiger partial charge >= 0.3 is 12.0 Å². The number of nitrogens with one attached hydrogen (secondary N) is 2. The molecule has 0 atom stereocenters. The molecule has 20 heavy (non-hydrogen) atoms. The number of carbonyl (C=O) groups is 3. The van der Waals surface area contributed by atoms with E-state index in [1.165, 1.54) is 4.31 Å². The molecule has 3 amide bonds. The van der Waals surface area contributed by atoms with Gasteiger partial charge in [-0.2, -0.15) is 0 Å². The molecule has 112 valence electrons. The van der Waals surface area contributed by atoms with E-state index in [0.29, 0.717) is 0 Å². The molecule has 2 aliphatic heterocycles. The van der Waals surface area contributed by atoms with Gasteiger partial charge in [-0.05, 0) is 12.8 Å². The average molecular weight is 305 g/mol. The summed E-state index contributed by atoms with van der Waals surface area (Å²) in [4.78, 5) is 33.3. The van der Waals surface area contributed by atoms with Gasteiger partial charge in [-0.25, -0.2) is 17.5 Å². The fourth-order valence-corrected chi connectivity index (χ4v) is 3.80. The van der Waals surface area contributed by atoms with Crippen LogP contribution in [0.2, 0.25) is 0 Å². The van der Waals surface area contributed by atoms with Crippen molar-refractivity contribution in [2.24, 2.45) is 0 Å². The lowest BCUT2D eigenvalue weighted by molar-refractivity contribution is -0.136. The molecule has 0 aromatic carbocycles. The van der Waals surface area contributed by atoms with Gasteiger partial charge in [0.15, 0.2) is 0 Å². The highest BCUT2D eigenvalue weighted by Gasteiger charge is 2.49. The van der Waals surface area contributed by atoms with Crippen LogP contribution in [0.4, 0.5) is 4.79 Å². The number of imide groups is 1. The molecule has 9 nitrogen and oxygen atoms in total. The fraction of sp³-hybridized carbons (Fsp3) is 0.700. The van der Waals surface area contributed by atoms with Crippen molar-refractivity contribution in [1.82, 2.24) is 14.9 Å². The van der Waals surface area contributed by atoms with Crippen LogP contribution in [0.1, 0.15) is 19.3 Å². The van der Waals surface area contributed by atoms with Crippen molar-refractivity contribution in [1.29, 1.82) is 0 Å². The van der Waals surface area contributed by atoms with Crippen molar-refractivity contribution in [3.8, 4) is 0 Å². The zero-order valence-electron chi connectivity index (χ0n) is 10.6. The summed E-state index contributed by atoms with van der Waals surface area (Å²) in [5.74, 6) is -2.08. The Bertz CT molecular complexity index is 549. The molecule has 0 saturated carbocycles. The van der Waals surface area contributed by atoms with Crippen molar-refractivity contribution >= 4 is 27.9 Å². The minimum Gasteiger partial charge on any atom is -0.481 e. The van der Waals surface area contributed by atoms with Crippen molar-refractivity contribution in [2.45, 2.75) is 24.8 Å². The summed E-state index contributed by atoms with van der Waals surface area (Å²) in [5, 5.41) is 13.2. The van der Waals surface area contributed by atoms with Gasteiger partial charge in [0.05, 0.1) is 12.2 Å². The van der Waals surface area contributed by atoms with Crippen molar-refractivity contribution in [3.05, 3.63) is 0 Å². The summed E-state index contributed by atoms with van der Waals surface area (Å²) < 4.78 is 25.0. The summed E-state index contributed by atoms with van der Waals surface area (Å²) in [6.45, 7) is 0.158. The predicted octanol–water partition coefficient (Wildman–Crippen LogP) is -1.54. The molecular formula is C10H15N3O6S. The maximum absolute atomic E-state index is 11.9. The Morgan fingerprint density at radius 1 is 1.30 bits per heavy atom. The molecule has 2 fully saturated rings. The maximum Gasteiger partial charge on any atom is 0.322 e. The van der Waals surface area contributed by atoms with E-state index in [1.807, 2.05) is 0 Å². The molecule has 0 radical (unpaired) electrons. The molecule has 0 bridgehead atoms. The Labute approximate surface area is 115 Å². The van der Waals surface area contributed by atoms with E-state index < -0.39 is 45.6 Å². The lowest BCUT2D eigenvalue weighted by Gasteiger charge is -2.36. The molecule has 0 aliphatic carbocycles. The molecule has 0 aromatic rings. The third kappa shape index (κ3) is 2.75. The van der Waals surface area contributed by atoms with Crippen LogP contribution in [0.25, 0.3) is 0 Å². The third-order valence-corrected chi connectivity index (χ3v) is 5.43. The van der Waals surface area contributed by atoms with Crippen LogP contribution in [0.5, 0.6) is 0 Å². The van der Waals surface area contributed by atoms with Gasteiger partial charge < -0.3 is 10.4 Å². The molecule has 0 aromatic heterocycles. The summed E-state index contributed by atoms with van der Waals surface area (Å²) in [5.41, 5.74) is -1.03. The number of carboxylic acid groups (broad SMARTS) is 1. The molecule has 2 heterocycles. The lowest BCUT2D eigenvalue weighted by Crippen LogP contribution is -2.56. The minimum atomic E-state index is -3.65. The maximum atomic E-state index is 11.9. The Morgan fingerprint density at radius 2 is 1.90 bits per heavy atom.